The van der Waals surface area contributed by atoms with Gasteiger partial charge in [-0.25, -0.2) is 9.37 Å². The molecular formula is C14H10ClFN2OS. The number of thioether (sulfide) groups is 1. The van der Waals surface area contributed by atoms with E-state index in [1.807, 2.05) is 0 Å². The van der Waals surface area contributed by atoms with Gasteiger partial charge in [-0.15, -0.1) is 0 Å². The maximum atomic E-state index is 13.3. The van der Waals surface area contributed by atoms with Crippen molar-refractivity contribution in [3.8, 4) is 0 Å². The predicted molar refractivity (Wildman–Crippen MR) is 79.4 cm³/mol. The Balaban J connectivity index is 1.81. The molecule has 0 spiro atoms. The van der Waals surface area contributed by atoms with Gasteiger partial charge < -0.3 is 10.2 Å². The predicted octanol–water partition coefficient (Wildman–Crippen LogP) is 4.49. The van der Waals surface area contributed by atoms with E-state index in [2.05, 4.69) is 4.98 Å². The van der Waals surface area contributed by atoms with E-state index < -0.39 is 5.82 Å². The number of nitrogen functional groups attached to an aromatic ring is 1. The molecule has 3 aromatic rings. The third-order valence-electron chi connectivity index (χ3n) is 2.77. The molecule has 0 aliphatic carbocycles. The number of benzene rings is 2. The lowest BCUT2D eigenvalue weighted by atomic mass is 10.2. The Labute approximate surface area is 123 Å². The molecule has 0 aliphatic heterocycles. The highest BCUT2D eigenvalue weighted by Gasteiger charge is 2.10. The molecule has 0 saturated carbocycles. The van der Waals surface area contributed by atoms with E-state index in [1.54, 1.807) is 30.3 Å². The molecule has 0 unspecified atom stereocenters. The number of halogens is 2. The zero-order valence-corrected chi connectivity index (χ0v) is 11.8. The minimum atomic E-state index is -0.421. The van der Waals surface area contributed by atoms with Gasteiger partial charge in [0.25, 0.3) is 5.22 Å². The molecular weight excluding hydrogens is 299 g/mol. The summed E-state index contributed by atoms with van der Waals surface area (Å²) < 4.78 is 18.9. The Kier molecular flexibility index (Phi) is 3.54. The summed E-state index contributed by atoms with van der Waals surface area (Å²) in [6.45, 7) is 0. The van der Waals surface area contributed by atoms with E-state index >= 15 is 0 Å². The van der Waals surface area contributed by atoms with Gasteiger partial charge in [0, 0.05) is 11.4 Å². The Morgan fingerprint density at radius 3 is 3.00 bits per heavy atom. The SMILES string of the molecule is Nc1ccc2oc(SCc3cccc(F)c3Cl)nc2c1. The fourth-order valence-electron chi connectivity index (χ4n) is 1.78. The minimum absolute atomic E-state index is 0.139. The molecule has 20 heavy (non-hydrogen) atoms. The van der Waals surface area contributed by atoms with Crippen molar-refractivity contribution in [2.75, 3.05) is 5.73 Å². The van der Waals surface area contributed by atoms with Gasteiger partial charge in [0.2, 0.25) is 0 Å². The summed E-state index contributed by atoms with van der Waals surface area (Å²) in [5, 5.41) is 0.645. The van der Waals surface area contributed by atoms with Crippen LogP contribution in [0.2, 0.25) is 5.02 Å². The van der Waals surface area contributed by atoms with E-state index in [0.29, 0.717) is 33.3 Å². The number of oxazole rings is 1. The number of rotatable bonds is 3. The number of hydrogen-bond acceptors (Lipinski definition) is 4. The summed E-state index contributed by atoms with van der Waals surface area (Å²) in [7, 11) is 0. The molecule has 1 heterocycles. The molecule has 0 atom stereocenters. The number of fused-ring (bicyclic) bond motifs is 1. The molecule has 0 amide bonds. The fourth-order valence-corrected chi connectivity index (χ4v) is 2.89. The van der Waals surface area contributed by atoms with Crippen LogP contribution in [0, 0.1) is 5.82 Å². The van der Waals surface area contributed by atoms with Crippen molar-refractivity contribution in [3.05, 3.63) is 52.8 Å². The first-order valence-electron chi connectivity index (χ1n) is 5.85. The van der Waals surface area contributed by atoms with Gasteiger partial charge >= 0.3 is 0 Å². The number of nitrogens with zero attached hydrogens (tertiary/aromatic N) is 1. The van der Waals surface area contributed by atoms with Gasteiger partial charge in [0.1, 0.15) is 11.3 Å². The van der Waals surface area contributed by atoms with Crippen molar-refractivity contribution in [1.82, 2.24) is 4.98 Å². The number of nitrogens with two attached hydrogens (primary N) is 1. The van der Waals surface area contributed by atoms with Gasteiger partial charge in [-0.3, -0.25) is 0 Å². The summed E-state index contributed by atoms with van der Waals surface area (Å²) in [6.07, 6.45) is 0. The summed E-state index contributed by atoms with van der Waals surface area (Å²) in [4.78, 5) is 4.32. The second-order valence-corrected chi connectivity index (χ2v) is 5.51. The molecule has 0 bridgehead atoms. The largest absolute Gasteiger partial charge is 0.431 e. The zero-order chi connectivity index (χ0) is 14.1. The highest BCUT2D eigenvalue weighted by Crippen LogP contribution is 2.30. The molecule has 3 rings (SSSR count). The first-order chi connectivity index (χ1) is 9.63. The molecule has 3 nitrogen and oxygen atoms in total. The second kappa shape index (κ2) is 5.34. The molecule has 2 aromatic carbocycles. The molecule has 0 radical (unpaired) electrons. The highest BCUT2D eigenvalue weighted by atomic mass is 35.5. The van der Waals surface area contributed by atoms with Crippen LogP contribution in [0.4, 0.5) is 10.1 Å². The van der Waals surface area contributed by atoms with E-state index in [4.69, 9.17) is 21.8 Å². The summed E-state index contributed by atoms with van der Waals surface area (Å²) in [5.74, 6) is 0.0638. The monoisotopic (exact) mass is 308 g/mol. The number of anilines is 1. The lowest BCUT2D eigenvalue weighted by molar-refractivity contribution is 0.489. The van der Waals surface area contributed by atoms with Crippen LogP contribution >= 0.6 is 23.4 Å². The molecule has 6 heteroatoms. The minimum Gasteiger partial charge on any atom is -0.431 e. The topological polar surface area (TPSA) is 52.0 Å². The van der Waals surface area contributed by atoms with Gasteiger partial charge in [0.05, 0.1) is 5.02 Å². The average Bonchev–Trinajstić information content (AvgIpc) is 2.82. The van der Waals surface area contributed by atoms with Crippen molar-refractivity contribution < 1.29 is 8.81 Å². The van der Waals surface area contributed by atoms with E-state index in [0.717, 1.165) is 0 Å². The van der Waals surface area contributed by atoms with Crippen molar-refractivity contribution in [2.45, 2.75) is 11.0 Å². The first kappa shape index (κ1) is 13.3. The maximum absolute atomic E-state index is 13.3. The fraction of sp³-hybridized carbons (Fsp3) is 0.0714. The van der Waals surface area contributed by atoms with Gasteiger partial charge in [-0.1, -0.05) is 35.5 Å². The summed E-state index contributed by atoms with van der Waals surface area (Å²) >= 11 is 7.26. The van der Waals surface area contributed by atoms with Crippen LogP contribution < -0.4 is 5.73 Å². The summed E-state index contributed by atoms with van der Waals surface area (Å²) in [5.41, 5.74) is 8.41. The Bertz CT molecular complexity index is 775. The van der Waals surface area contributed by atoms with Crippen LogP contribution in [0.1, 0.15) is 5.56 Å². The smallest absolute Gasteiger partial charge is 0.257 e. The molecule has 0 aliphatic rings. The molecule has 102 valence electrons. The van der Waals surface area contributed by atoms with Gasteiger partial charge in [0.15, 0.2) is 5.58 Å². The second-order valence-electron chi connectivity index (χ2n) is 4.21. The molecule has 0 saturated heterocycles. The van der Waals surface area contributed by atoms with Crippen LogP contribution in [0.25, 0.3) is 11.1 Å². The third kappa shape index (κ3) is 2.59. The van der Waals surface area contributed by atoms with Crippen LogP contribution in [0.15, 0.2) is 46.0 Å². The molecule has 2 N–H and O–H groups in total. The van der Waals surface area contributed by atoms with Gasteiger partial charge in [-0.2, -0.15) is 0 Å². The molecule has 1 aromatic heterocycles. The lowest BCUT2D eigenvalue weighted by Gasteiger charge is -2.02. The lowest BCUT2D eigenvalue weighted by Crippen LogP contribution is -1.86. The Morgan fingerprint density at radius 2 is 2.15 bits per heavy atom. The molecule has 0 fully saturated rings. The Hall–Kier alpha value is -1.72. The maximum Gasteiger partial charge on any atom is 0.257 e. The van der Waals surface area contributed by atoms with Crippen molar-refractivity contribution >= 4 is 40.1 Å². The van der Waals surface area contributed by atoms with E-state index in [-0.39, 0.29) is 5.02 Å². The third-order valence-corrected chi connectivity index (χ3v) is 4.07. The highest BCUT2D eigenvalue weighted by molar-refractivity contribution is 7.98. The zero-order valence-electron chi connectivity index (χ0n) is 10.3. The van der Waals surface area contributed by atoms with E-state index in [9.17, 15) is 4.39 Å². The van der Waals surface area contributed by atoms with Crippen molar-refractivity contribution in [1.29, 1.82) is 0 Å². The average molecular weight is 309 g/mol. The van der Waals surface area contributed by atoms with Crippen LogP contribution in [-0.2, 0) is 5.75 Å². The normalized spacial score (nSPS) is 11.1. The van der Waals surface area contributed by atoms with Crippen LogP contribution in [-0.4, -0.2) is 4.98 Å². The van der Waals surface area contributed by atoms with Gasteiger partial charge in [-0.05, 0) is 29.8 Å². The van der Waals surface area contributed by atoms with Crippen molar-refractivity contribution in [2.24, 2.45) is 0 Å². The first-order valence-corrected chi connectivity index (χ1v) is 7.21. The van der Waals surface area contributed by atoms with Crippen LogP contribution in [0.3, 0.4) is 0 Å². The standard InChI is InChI=1S/C14H10ClFN2OS/c15-13-8(2-1-3-10(13)16)7-20-14-18-11-6-9(17)4-5-12(11)19-14/h1-6H,7,17H2. The van der Waals surface area contributed by atoms with Crippen molar-refractivity contribution in [3.63, 3.8) is 0 Å². The Morgan fingerprint density at radius 1 is 1.30 bits per heavy atom. The number of aromatic nitrogens is 1. The summed E-state index contributed by atoms with van der Waals surface area (Å²) in [6, 6.07) is 10.0. The van der Waals surface area contributed by atoms with Crippen LogP contribution in [0.5, 0.6) is 0 Å². The van der Waals surface area contributed by atoms with E-state index in [1.165, 1.54) is 17.8 Å². The quantitative estimate of drug-likeness (QED) is 0.572. The number of hydrogen-bond donors (Lipinski definition) is 1.